The molecule has 0 spiro atoms. The highest BCUT2D eigenvalue weighted by atomic mass is 16.6. The quantitative estimate of drug-likeness (QED) is 0.857. The molecule has 1 aromatic rings. The summed E-state index contributed by atoms with van der Waals surface area (Å²) in [6.45, 7) is 10.9. The molecule has 7 nitrogen and oxygen atoms in total. The molecule has 2 heterocycles. The molecule has 7 heteroatoms. The molecule has 0 aliphatic carbocycles. The van der Waals surface area contributed by atoms with E-state index in [1.165, 1.54) is 0 Å². The minimum Gasteiger partial charge on any atom is -0.444 e. The molecule has 1 N–H and O–H groups in total. The molecule has 2 amide bonds. The van der Waals surface area contributed by atoms with Crippen LogP contribution in [0.25, 0.3) is 0 Å². The molecule has 0 saturated carbocycles. The van der Waals surface area contributed by atoms with Crippen LogP contribution < -0.4 is 5.32 Å². The molecule has 1 saturated heterocycles. The average molecular weight is 336 g/mol. The molecule has 1 atom stereocenters. The molecule has 2 rings (SSSR count). The smallest absolute Gasteiger partial charge is 0.410 e. The van der Waals surface area contributed by atoms with E-state index in [0.29, 0.717) is 25.3 Å². The Kier molecular flexibility index (Phi) is 5.51. The number of anilines is 1. The van der Waals surface area contributed by atoms with Crippen LogP contribution >= 0.6 is 0 Å². The van der Waals surface area contributed by atoms with Crippen molar-refractivity contribution in [1.82, 2.24) is 14.7 Å². The summed E-state index contributed by atoms with van der Waals surface area (Å²) in [5, 5.41) is 7.33. The monoisotopic (exact) mass is 336 g/mol. The Balaban J connectivity index is 2.13. The van der Waals surface area contributed by atoms with Crippen molar-refractivity contribution >= 4 is 18.3 Å². The standard InChI is InChI=1S/C17H28N4O3/c1-12(2)21-15(18-11-22)9-14(19-21)13-7-6-8-20(10-13)16(23)24-17(3,4)5/h9,11-13H,6-8,10H2,1-5H3,(H,18,22). The van der Waals surface area contributed by atoms with Gasteiger partial charge < -0.3 is 15.0 Å². The van der Waals surface area contributed by atoms with Crippen molar-refractivity contribution in [3.8, 4) is 0 Å². The first-order valence-electron chi connectivity index (χ1n) is 8.49. The molecule has 0 radical (unpaired) electrons. The number of ether oxygens (including phenoxy) is 1. The van der Waals surface area contributed by atoms with E-state index >= 15 is 0 Å². The van der Waals surface area contributed by atoms with E-state index in [9.17, 15) is 9.59 Å². The first-order chi connectivity index (χ1) is 11.2. The minimum absolute atomic E-state index is 0.145. The maximum Gasteiger partial charge on any atom is 0.410 e. The molecule has 1 fully saturated rings. The average Bonchev–Trinajstić information content (AvgIpc) is 2.90. The summed E-state index contributed by atoms with van der Waals surface area (Å²) in [6, 6.07) is 2.05. The number of rotatable bonds is 4. The lowest BCUT2D eigenvalue weighted by Crippen LogP contribution is -2.42. The van der Waals surface area contributed by atoms with Gasteiger partial charge in [-0.1, -0.05) is 0 Å². The van der Waals surface area contributed by atoms with Crippen molar-refractivity contribution in [2.75, 3.05) is 18.4 Å². The predicted molar refractivity (Wildman–Crippen MR) is 92.1 cm³/mol. The summed E-state index contributed by atoms with van der Waals surface area (Å²) < 4.78 is 7.27. The Bertz CT molecular complexity index is 589. The van der Waals surface area contributed by atoms with E-state index in [0.717, 1.165) is 18.5 Å². The van der Waals surface area contributed by atoms with Crippen LogP contribution in [0.15, 0.2) is 6.07 Å². The lowest BCUT2D eigenvalue weighted by molar-refractivity contribution is -0.105. The van der Waals surface area contributed by atoms with Crippen LogP contribution in [0.5, 0.6) is 0 Å². The van der Waals surface area contributed by atoms with E-state index in [1.807, 2.05) is 40.7 Å². The van der Waals surface area contributed by atoms with E-state index < -0.39 is 5.60 Å². The van der Waals surface area contributed by atoms with Gasteiger partial charge in [-0.3, -0.25) is 4.79 Å². The second kappa shape index (κ2) is 7.23. The highest BCUT2D eigenvalue weighted by Crippen LogP contribution is 2.29. The van der Waals surface area contributed by atoms with Crippen LogP contribution in [0, 0.1) is 0 Å². The Labute approximate surface area is 143 Å². The van der Waals surface area contributed by atoms with Crippen molar-refractivity contribution in [2.45, 2.75) is 65.0 Å². The minimum atomic E-state index is -0.496. The number of carbonyl (C=O) groups excluding carboxylic acids is 2. The first kappa shape index (κ1) is 18.3. The van der Waals surface area contributed by atoms with Crippen molar-refractivity contribution in [3.63, 3.8) is 0 Å². The van der Waals surface area contributed by atoms with Crippen LogP contribution in [-0.4, -0.2) is 45.9 Å². The van der Waals surface area contributed by atoms with Gasteiger partial charge in [-0.15, -0.1) is 0 Å². The summed E-state index contributed by atoms with van der Waals surface area (Å²) >= 11 is 0. The van der Waals surface area contributed by atoms with Gasteiger partial charge in [-0.2, -0.15) is 5.10 Å². The first-order valence-corrected chi connectivity index (χ1v) is 8.49. The van der Waals surface area contributed by atoms with Crippen molar-refractivity contribution in [3.05, 3.63) is 11.8 Å². The topological polar surface area (TPSA) is 76.5 Å². The van der Waals surface area contributed by atoms with Crippen LogP contribution in [0.3, 0.4) is 0 Å². The lowest BCUT2D eigenvalue weighted by Gasteiger charge is -2.33. The van der Waals surface area contributed by atoms with Gasteiger partial charge >= 0.3 is 6.09 Å². The SMILES string of the molecule is CC(C)n1nc(C2CCCN(C(=O)OC(C)(C)C)C2)cc1NC=O. The Morgan fingerprint density at radius 1 is 1.46 bits per heavy atom. The number of carbonyl (C=O) groups is 2. The molecular weight excluding hydrogens is 308 g/mol. The summed E-state index contributed by atoms with van der Waals surface area (Å²) in [4.78, 5) is 24.8. The van der Waals surface area contributed by atoms with Gasteiger partial charge in [0.05, 0.1) is 5.69 Å². The number of hydrogen-bond acceptors (Lipinski definition) is 4. The van der Waals surface area contributed by atoms with Crippen LogP contribution in [-0.2, 0) is 9.53 Å². The number of piperidine rings is 1. The number of nitrogens with zero attached hydrogens (tertiary/aromatic N) is 3. The van der Waals surface area contributed by atoms with Crippen molar-refractivity contribution in [1.29, 1.82) is 0 Å². The van der Waals surface area contributed by atoms with Crippen LogP contribution in [0.1, 0.15) is 65.1 Å². The number of likely N-dealkylation sites (tertiary alicyclic amines) is 1. The Hall–Kier alpha value is -2.05. The second-order valence-electron chi connectivity index (χ2n) is 7.52. The molecule has 0 bridgehead atoms. The maximum atomic E-state index is 12.3. The normalized spacial score (nSPS) is 18.6. The van der Waals surface area contributed by atoms with Crippen LogP contribution in [0.4, 0.5) is 10.6 Å². The summed E-state index contributed by atoms with van der Waals surface area (Å²) in [7, 11) is 0. The number of hydrogen-bond donors (Lipinski definition) is 1. The highest BCUT2D eigenvalue weighted by Gasteiger charge is 2.30. The summed E-state index contributed by atoms with van der Waals surface area (Å²) in [5.74, 6) is 0.836. The van der Waals surface area contributed by atoms with Gasteiger partial charge in [0, 0.05) is 31.1 Å². The third-order valence-electron chi connectivity index (χ3n) is 3.94. The largest absolute Gasteiger partial charge is 0.444 e. The molecule has 24 heavy (non-hydrogen) atoms. The highest BCUT2D eigenvalue weighted by molar-refractivity contribution is 5.69. The van der Waals surface area contributed by atoms with Gasteiger partial charge in [-0.25, -0.2) is 9.48 Å². The van der Waals surface area contributed by atoms with Gasteiger partial charge in [0.15, 0.2) is 0 Å². The third-order valence-corrected chi connectivity index (χ3v) is 3.94. The zero-order valence-electron chi connectivity index (χ0n) is 15.2. The number of amides is 2. The molecule has 1 aliphatic heterocycles. The summed E-state index contributed by atoms with van der Waals surface area (Å²) in [6.07, 6.45) is 2.26. The molecule has 0 aromatic carbocycles. The third kappa shape index (κ3) is 4.49. The lowest BCUT2D eigenvalue weighted by atomic mass is 9.95. The van der Waals surface area contributed by atoms with Crippen molar-refractivity contribution < 1.29 is 14.3 Å². The Morgan fingerprint density at radius 3 is 2.75 bits per heavy atom. The van der Waals surface area contributed by atoms with Crippen molar-refractivity contribution in [2.24, 2.45) is 0 Å². The van der Waals surface area contributed by atoms with Gasteiger partial charge in [-0.05, 0) is 47.5 Å². The fourth-order valence-electron chi connectivity index (χ4n) is 2.89. The molecular formula is C17H28N4O3. The molecule has 1 unspecified atom stereocenters. The maximum absolute atomic E-state index is 12.3. The number of aromatic nitrogens is 2. The van der Waals surface area contributed by atoms with E-state index in [4.69, 9.17) is 4.74 Å². The van der Waals surface area contributed by atoms with Gasteiger partial charge in [0.1, 0.15) is 11.4 Å². The van der Waals surface area contributed by atoms with Crippen LogP contribution in [0.2, 0.25) is 0 Å². The van der Waals surface area contributed by atoms with E-state index in [-0.39, 0.29) is 18.1 Å². The number of nitrogens with one attached hydrogen (secondary N) is 1. The predicted octanol–water partition coefficient (Wildman–Crippen LogP) is 3.15. The zero-order chi connectivity index (χ0) is 17.9. The van der Waals surface area contributed by atoms with Gasteiger partial charge in [0.2, 0.25) is 6.41 Å². The fraction of sp³-hybridized carbons (Fsp3) is 0.706. The molecule has 1 aliphatic rings. The second-order valence-corrected chi connectivity index (χ2v) is 7.52. The van der Waals surface area contributed by atoms with Gasteiger partial charge in [0.25, 0.3) is 0 Å². The van der Waals surface area contributed by atoms with E-state index in [1.54, 1.807) is 9.58 Å². The zero-order valence-corrected chi connectivity index (χ0v) is 15.2. The Morgan fingerprint density at radius 2 is 2.17 bits per heavy atom. The van der Waals surface area contributed by atoms with E-state index in [2.05, 4.69) is 10.4 Å². The molecule has 134 valence electrons. The summed E-state index contributed by atoms with van der Waals surface area (Å²) in [5.41, 5.74) is 0.408. The fourth-order valence-corrected chi connectivity index (χ4v) is 2.89. The molecule has 1 aromatic heterocycles.